The number of rotatable bonds is 1. The summed E-state index contributed by atoms with van der Waals surface area (Å²) in [6.07, 6.45) is 1.77. The topological polar surface area (TPSA) is 41.6 Å². The lowest BCUT2D eigenvalue weighted by Crippen LogP contribution is -2.32. The van der Waals surface area contributed by atoms with Gasteiger partial charge in [-0.05, 0) is 68.8 Å². The molecule has 0 spiro atoms. The molecule has 0 aromatic heterocycles. The van der Waals surface area contributed by atoms with E-state index in [2.05, 4.69) is 32.2 Å². The van der Waals surface area contributed by atoms with Gasteiger partial charge in [-0.25, -0.2) is 9.69 Å². The Bertz CT molecular complexity index is 1150. The minimum atomic E-state index is -0.416. The van der Waals surface area contributed by atoms with Gasteiger partial charge in [-0.1, -0.05) is 42.1 Å². The molecule has 0 saturated carbocycles. The number of amides is 1. The van der Waals surface area contributed by atoms with Gasteiger partial charge < -0.3 is 10.1 Å². The van der Waals surface area contributed by atoms with E-state index in [1.807, 2.05) is 66.7 Å². The van der Waals surface area contributed by atoms with E-state index in [9.17, 15) is 4.79 Å². The average molecular weight is 415 g/mol. The zero-order chi connectivity index (χ0) is 20.9. The third-order valence-electron chi connectivity index (χ3n) is 5.27. The van der Waals surface area contributed by atoms with Crippen molar-refractivity contribution in [1.82, 2.24) is 0 Å². The minimum Gasteiger partial charge on any atom is -0.410 e. The molecule has 2 aliphatic heterocycles. The molecule has 2 aliphatic rings. The summed E-state index contributed by atoms with van der Waals surface area (Å²) >= 11 is 1.66. The first-order chi connectivity index (χ1) is 14.4. The lowest BCUT2D eigenvalue weighted by molar-refractivity contribution is 0.210. The number of fused-ring (bicyclic) bond motifs is 3. The quantitative estimate of drug-likeness (QED) is 0.461. The number of para-hydroxylation sites is 2. The Morgan fingerprint density at radius 3 is 2.27 bits per heavy atom. The molecule has 1 amide bonds. The molecule has 3 aromatic rings. The van der Waals surface area contributed by atoms with Gasteiger partial charge in [0.15, 0.2) is 0 Å². The molecule has 3 aromatic carbocycles. The smallest absolute Gasteiger partial charge is 0.410 e. The molecular formula is C25H22N2O2S. The predicted molar refractivity (Wildman–Crippen MR) is 123 cm³/mol. The van der Waals surface area contributed by atoms with Gasteiger partial charge in [-0.15, -0.1) is 0 Å². The van der Waals surface area contributed by atoms with Gasteiger partial charge in [-0.3, -0.25) is 0 Å². The molecule has 0 bridgehead atoms. The number of hydrogen-bond acceptors (Lipinski definition) is 4. The van der Waals surface area contributed by atoms with E-state index < -0.39 is 6.09 Å². The fourth-order valence-electron chi connectivity index (χ4n) is 4.07. The highest BCUT2D eigenvalue weighted by Crippen LogP contribution is 2.48. The van der Waals surface area contributed by atoms with Gasteiger partial charge in [0, 0.05) is 21.0 Å². The lowest BCUT2D eigenvalue weighted by Gasteiger charge is -2.32. The van der Waals surface area contributed by atoms with Crippen molar-refractivity contribution in [2.24, 2.45) is 0 Å². The van der Waals surface area contributed by atoms with Gasteiger partial charge in [-0.2, -0.15) is 0 Å². The van der Waals surface area contributed by atoms with Crippen molar-refractivity contribution in [2.45, 2.75) is 36.1 Å². The van der Waals surface area contributed by atoms with Crippen molar-refractivity contribution in [3.05, 3.63) is 78.4 Å². The summed E-state index contributed by atoms with van der Waals surface area (Å²) in [5.74, 6) is 0.529. The van der Waals surface area contributed by atoms with Gasteiger partial charge in [0.1, 0.15) is 5.75 Å². The number of ether oxygens (including phenoxy) is 1. The predicted octanol–water partition coefficient (Wildman–Crippen LogP) is 7.10. The minimum absolute atomic E-state index is 0.103. The molecule has 0 radical (unpaired) electrons. The first kappa shape index (κ1) is 18.8. The van der Waals surface area contributed by atoms with Crippen molar-refractivity contribution in [1.29, 1.82) is 0 Å². The normalized spacial score (nSPS) is 15.8. The highest BCUT2D eigenvalue weighted by atomic mass is 32.2. The number of allylic oxidation sites excluding steroid dienone is 1. The van der Waals surface area contributed by atoms with Crippen molar-refractivity contribution < 1.29 is 9.53 Å². The molecule has 150 valence electrons. The Hall–Kier alpha value is -3.18. The fourth-order valence-corrected chi connectivity index (χ4v) is 5.13. The Labute approximate surface area is 180 Å². The largest absolute Gasteiger partial charge is 0.424 e. The van der Waals surface area contributed by atoms with Crippen molar-refractivity contribution in [3.8, 4) is 5.75 Å². The van der Waals surface area contributed by atoms with Crippen LogP contribution in [0, 0.1) is 0 Å². The van der Waals surface area contributed by atoms with E-state index in [4.69, 9.17) is 4.74 Å². The van der Waals surface area contributed by atoms with Crippen LogP contribution in [0.25, 0.3) is 5.57 Å². The second-order valence-corrected chi connectivity index (χ2v) is 9.21. The van der Waals surface area contributed by atoms with Crippen LogP contribution in [0.5, 0.6) is 5.75 Å². The molecule has 0 saturated heterocycles. The number of anilines is 3. The highest BCUT2D eigenvalue weighted by molar-refractivity contribution is 7.99. The number of carbonyl (C=O) groups excluding carboxylic acids is 1. The third kappa shape index (κ3) is 3.25. The summed E-state index contributed by atoms with van der Waals surface area (Å²) < 4.78 is 5.86. The van der Waals surface area contributed by atoms with Crippen LogP contribution in [0.4, 0.5) is 21.9 Å². The maximum Gasteiger partial charge on any atom is 0.424 e. The molecule has 4 nitrogen and oxygen atoms in total. The zero-order valence-electron chi connectivity index (χ0n) is 17.1. The second kappa shape index (κ2) is 6.96. The SMILES string of the molecule is CC1=CC(C)(C)Nc2ccc(OC(=O)N3c4ccccc4Sc4ccccc43)cc21. The maximum atomic E-state index is 13.3. The molecule has 0 unspecified atom stereocenters. The molecular weight excluding hydrogens is 392 g/mol. The van der Waals surface area contributed by atoms with Crippen molar-refractivity contribution in [2.75, 3.05) is 10.2 Å². The molecule has 0 fully saturated rings. The maximum absolute atomic E-state index is 13.3. The average Bonchev–Trinajstić information content (AvgIpc) is 2.71. The molecule has 0 atom stereocenters. The van der Waals surface area contributed by atoms with Crippen LogP contribution in [-0.2, 0) is 0 Å². The first-order valence-corrected chi connectivity index (χ1v) is 10.7. The lowest BCUT2D eigenvalue weighted by atomic mass is 9.91. The van der Waals surface area contributed by atoms with Crippen LogP contribution in [-0.4, -0.2) is 11.6 Å². The monoisotopic (exact) mass is 414 g/mol. The molecule has 5 rings (SSSR count). The Morgan fingerprint density at radius 2 is 1.60 bits per heavy atom. The number of benzene rings is 3. The van der Waals surface area contributed by atoms with E-state index in [0.29, 0.717) is 5.75 Å². The van der Waals surface area contributed by atoms with E-state index in [1.54, 1.807) is 16.7 Å². The number of hydrogen-bond donors (Lipinski definition) is 1. The molecule has 2 heterocycles. The van der Waals surface area contributed by atoms with Crippen LogP contribution in [0.2, 0.25) is 0 Å². The van der Waals surface area contributed by atoms with E-state index in [-0.39, 0.29) is 5.54 Å². The van der Waals surface area contributed by atoms with Gasteiger partial charge >= 0.3 is 6.09 Å². The Balaban J connectivity index is 1.49. The summed E-state index contributed by atoms with van der Waals surface area (Å²) in [4.78, 5) is 17.0. The summed E-state index contributed by atoms with van der Waals surface area (Å²) in [7, 11) is 0. The van der Waals surface area contributed by atoms with E-state index >= 15 is 0 Å². The molecule has 5 heteroatoms. The van der Waals surface area contributed by atoms with Crippen LogP contribution in [0.3, 0.4) is 0 Å². The first-order valence-electron chi connectivity index (χ1n) is 9.91. The molecule has 30 heavy (non-hydrogen) atoms. The van der Waals surface area contributed by atoms with Crippen LogP contribution in [0.1, 0.15) is 26.3 Å². The van der Waals surface area contributed by atoms with Gasteiger partial charge in [0.25, 0.3) is 0 Å². The number of carbonyl (C=O) groups is 1. The summed E-state index contributed by atoms with van der Waals surface area (Å²) in [6, 6.07) is 21.5. The summed E-state index contributed by atoms with van der Waals surface area (Å²) in [5, 5.41) is 3.51. The highest BCUT2D eigenvalue weighted by Gasteiger charge is 2.30. The Kier molecular flexibility index (Phi) is 4.36. The summed E-state index contributed by atoms with van der Waals surface area (Å²) in [5.41, 5.74) is 4.83. The third-order valence-corrected chi connectivity index (χ3v) is 6.40. The summed E-state index contributed by atoms with van der Waals surface area (Å²) in [6.45, 7) is 6.36. The molecule has 1 N–H and O–H groups in total. The van der Waals surface area contributed by atoms with Crippen molar-refractivity contribution in [3.63, 3.8) is 0 Å². The van der Waals surface area contributed by atoms with Crippen LogP contribution >= 0.6 is 11.8 Å². The fraction of sp³-hybridized carbons (Fsp3) is 0.160. The second-order valence-electron chi connectivity index (χ2n) is 8.12. The van der Waals surface area contributed by atoms with Gasteiger partial charge in [0.2, 0.25) is 0 Å². The van der Waals surface area contributed by atoms with Crippen molar-refractivity contribution >= 4 is 40.5 Å². The number of nitrogens with zero attached hydrogens (tertiary/aromatic N) is 1. The standard InChI is InChI=1S/C25H22N2O2S/c1-16-15-25(2,3)26-19-13-12-17(14-18(16)19)29-24(28)27-20-8-4-6-10-22(20)30-23-11-7-5-9-21(23)27/h4-15,26H,1-3H3. The van der Waals surface area contributed by atoms with E-state index in [1.165, 1.54) is 0 Å². The molecule has 0 aliphatic carbocycles. The zero-order valence-corrected chi connectivity index (χ0v) is 17.9. The number of nitrogens with one attached hydrogen (secondary N) is 1. The Morgan fingerprint density at radius 1 is 0.967 bits per heavy atom. The van der Waals surface area contributed by atoms with Crippen LogP contribution < -0.4 is 15.0 Å². The van der Waals surface area contributed by atoms with Gasteiger partial charge in [0.05, 0.1) is 16.9 Å². The van der Waals surface area contributed by atoms with E-state index in [0.717, 1.165) is 38.0 Å². The van der Waals surface area contributed by atoms with Crippen LogP contribution in [0.15, 0.2) is 82.6 Å².